The molecule has 0 atom stereocenters. The number of rotatable bonds is 3. The van der Waals surface area contributed by atoms with Crippen LogP contribution in [0.5, 0.6) is 0 Å². The third-order valence-electron chi connectivity index (χ3n) is 4.96. The summed E-state index contributed by atoms with van der Waals surface area (Å²) >= 11 is 0. The first-order valence-electron chi connectivity index (χ1n) is 9.09. The summed E-state index contributed by atoms with van der Waals surface area (Å²) in [5.41, 5.74) is 2.20. The minimum Gasteiger partial charge on any atom is -0.322 e. The van der Waals surface area contributed by atoms with Crippen molar-refractivity contribution < 1.29 is 4.79 Å². The molecule has 1 aliphatic rings. The van der Waals surface area contributed by atoms with Crippen molar-refractivity contribution in [2.75, 3.05) is 31.5 Å². The molecule has 4 rings (SSSR count). The first-order valence-corrected chi connectivity index (χ1v) is 9.09. The Balaban J connectivity index is 1.35. The van der Waals surface area contributed by atoms with E-state index in [1.54, 1.807) is 0 Å². The van der Waals surface area contributed by atoms with Gasteiger partial charge in [-0.1, -0.05) is 60.7 Å². The smallest absolute Gasteiger partial charge is 0.321 e. The second kappa shape index (κ2) is 7.58. The van der Waals surface area contributed by atoms with Gasteiger partial charge in [-0.3, -0.25) is 4.90 Å². The molecule has 1 aliphatic heterocycles. The molecule has 0 aromatic heterocycles. The van der Waals surface area contributed by atoms with Gasteiger partial charge in [0.05, 0.1) is 0 Å². The van der Waals surface area contributed by atoms with Gasteiger partial charge in [-0.15, -0.1) is 0 Å². The monoisotopic (exact) mass is 345 g/mol. The fraction of sp³-hybridized carbons (Fsp3) is 0.227. The van der Waals surface area contributed by atoms with Crippen LogP contribution in [0, 0.1) is 0 Å². The molecule has 1 N–H and O–H groups in total. The Bertz CT molecular complexity index is 881. The molecule has 3 aromatic carbocycles. The zero-order valence-corrected chi connectivity index (χ0v) is 14.8. The number of urea groups is 1. The SMILES string of the molecule is O=C(Nc1ccccc1)N1CCN(Cc2cccc3ccccc23)CC1. The van der Waals surface area contributed by atoms with Gasteiger partial charge in [0.2, 0.25) is 0 Å². The highest BCUT2D eigenvalue weighted by atomic mass is 16.2. The third kappa shape index (κ3) is 3.70. The zero-order chi connectivity index (χ0) is 17.8. The first kappa shape index (κ1) is 16.6. The van der Waals surface area contributed by atoms with Gasteiger partial charge in [-0.2, -0.15) is 0 Å². The first-order chi connectivity index (χ1) is 12.8. The van der Waals surface area contributed by atoms with Gasteiger partial charge < -0.3 is 10.2 Å². The summed E-state index contributed by atoms with van der Waals surface area (Å²) < 4.78 is 0. The van der Waals surface area contributed by atoms with Gasteiger partial charge in [0, 0.05) is 38.4 Å². The molecule has 0 bridgehead atoms. The van der Waals surface area contributed by atoms with E-state index in [0.717, 1.165) is 38.4 Å². The van der Waals surface area contributed by atoms with Crippen LogP contribution in [0.2, 0.25) is 0 Å². The summed E-state index contributed by atoms with van der Waals surface area (Å²) in [6.07, 6.45) is 0. The number of hydrogen-bond acceptors (Lipinski definition) is 2. The highest BCUT2D eigenvalue weighted by Crippen LogP contribution is 2.20. The lowest BCUT2D eigenvalue weighted by atomic mass is 10.0. The molecule has 3 aromatic rings. The second-order valence-corrected chi connectivity index (χ2v) is 6.70. The number of carbonyl (C=O) groups excluding carboxylic acids is 1. The van der Waals surface area contributed by atoms with Crippen LogP contribution in [-0.4, -0.2) is 42.0 Å². The van der Waals surface area contributed by atoms with Crippen molar-refractivity contribution in [3.63, 3.8) is 0 Å². The van der Waals surface area contributed by atoms with Crippen molar-refractivity contribution in [2.24, 2.45) is 0 Å². The second-order valence-electron chi connectivity index (χ2n) is 6.70. The lowest BCUT2D eigenvalue weighted by Gasteiger charge is -2.34. The molecule has 1 saturated heterocycles. The van der Waals surface area contributed by atoms with Crippen molar-refractivity contribution in [1.29, 1.82) is 0 Å². The molecular weight excluding hydrogens is 322 g/mol. The molecule has 0 radical (unpaired) electrons. The molecule has 4 nitrogen and oxygen atoms in total. The number of benzene rings is 3. The molecule has 132 valence electrons. The summed E-state index contributed by atoms with van der Waals surface area (Å²) in [7, 11) is 0. The van der Waals surface area contributed by atoms with Gasteiger partial charge in [-0.05, 0) is 28.5 Å². The molecule has 1 heterocycles. The number of piperazine rings is 1. The van der Waals surface area contributed by atoms with E-state index in [1.807, 2.05) is 35.2 Å². The van der Waals surface area contributed by atoms with E-state index in [4.69, 9.17) is 0 Å². The predicted molar refractivity (Wildman–Crippen MR) is 106 cm³/mol. The lowest BCUT2D eigenvalue weighted by Crippen LogP contribution is -2.49. The highest BCUT2D eigenvalue weighted by molar-refractivity contribution is 5.89. The minimum atomic E-state index is -0.0130. The van der Waals surface area contributed by atoms with E-state index >= 15 is 0 Å². The Hall–Kier alpha value is -2.85. The fourth-order valence-corrected chi connectivity index (χ4v) is 3.50. The van der Waals surface area contributed by atoms with Crippen LogP contribution in [0.4, 0.5) is 10.5 Å². The predicted octanol–water partition coefficient (Wildman–Crippen LogP) is 4.19. The van der Waals surface area contributed by atoms with Crippen LogP contribution in [0.25, 0.3) is 10.8 Å². The average Bonchev–Trinajstić information content (AvgIpc) is 2.70. The summed E-state index contributed by atoms with van der Waals surface area (Å²) in [4.78, 5) is 16.7. The standard InChI is InChI=1S/C22H23N3O/c26-22(23-20-10-2-1-3-11-20)25-15-13-24(14-16-25)17-19-9-6-8-18-7-4-5-12-21(18)19/h1-12H,13-17H2,(H,23,26). The van der Waals surface area contributed by atoms with Gasteiger partial charge in [0.1, 0.15) is 0 Å². The van der Waals surface area contributed by atoms with Crippen molar-refractivity contribution in [1.82, 2.24) is 9.80 Å². The van der Waals surface area contributed by atoms with Crippen LogP contribution < -0.4 is 5.32 Å². The number of hydrogen-bond donors (Lipinski definition) is 1. The van der Waals surface area contributed by atoms with E-state index in [9.17, 15) is 4.79 Å². The molecule has 0 unspecified atom stereocenters. The van der Waals surface area contributed by atoms with Crippen molar-refractivity contribution in [2.45, 2.75) is 6.54 Å². The van der Waals surface area contributed by atoms with E-state index < -0.39 is 0 Å². The van der Waals surface area contributed by atoms with Gasteiger partial charge in [0.15, 0.2) is 0 Å². The fourth-order valence-electron chi connectivity index (χ4n) is 3.50. The molecule has 0 aliphatic carbocycles. The molecule has 26 heavy (non-hydrogen) atoms. The van der Waals surface area contributed by atoms with Crippen molar-refractivity contribution >= 4 is 22.5 Å². The largest absolute Gasteiger partial charge is 0.322 e. The number of nitrogens with one attached hydrogen (secondary N) is 1. The number of amides is 2. The summed E-state index contributed by atoms with van der Waals surface area (Å²) in [6, 6.07) is 24.6. The Morgan fingerprint density at radius 1 is 0.808 bits per heavy atom. The number of anilines is 1. The minimum absolute atomic E-state index is 0.0130. The van der Waals surface area contributed by atoms with Crippen molar-refractivity contribution in [3.8, 4) is 0 Å². The van der Waals surface area contributed by atoms with Crippen LogP contribution in [0.1, 0.15) is 5.56 Å². The maximum absolute atomic E-state index is 12.4. The Morgan fingerprint density at radius 3 is 2.31 bits per heavy atom. The Labute approximate surface area is 154 Å². The maximum Gasteiger partial charge on any atom is 0.321 e. The van der Waals surface area contributed by atoms with Gasteiger partial charge in [-0.25, -0.2) is 4.79 Å². The summed E-state index contributed by atoms with van der Waals surface area (Å²) in [5.74, 6) is 0. The van der Waals surface area contributed by atoms with E-state index in [-0.39, 0.29) is 6.03 Å². The molecule has 0 saturated carbocycles. The molecular formula is C22H23N3O. The molecule has 2 amide bonds. The number of para-hydroxylation sites is 1. The van der Waals surface area contributed by atoms with Crippen molar-refractivity contribution in [3.05, 3.63) is 78.4 Å². The number of nitrogens with zero attached hydrogens (tertiary/aromatic N) is 2. The van der Waals surface area contributed by atoms with E-state index in [0.29, 0.717) is 0 Å². The number of carbonyl (C=O) groups is 1. The van der Waals surface area contributed by atoms with E-state index in [2.05, 4.69) is 52.7 Å². The van der Waals surface area contributed by atoms with Crippen LogP contribution in [0.3, 0.4) is 0 Å². The maximum atomic E-state index is 12.4. The van der Waals surface area contributed by atoms with Crippen LogP contribution >= 0.6 is 0 Å². The van der Waals surface area contributed by atoms with Gasteiger partial charge >= 0.3 is 6.03 Å². The quantitative estimate of drug-likeness (QED) is 0.772. The summed E-state index contributed by atoms with van der Waals surface area (Å²) in [5, 5.41) is 5.57. The van der Waals surface area contributed by atoms with Crippen LogP contribution in [0.15, 0.2) is 72.8 Å². The average molecular weight is 345 g/mol. The molecule has 4 heteroatoms. The topological polar surface area (TPSA) is 35.6 Å². The Morgan fingerprint density at radius 2 is 1.50 bits per heavy atom. The zero-order valence-electron chi connectivity index (χ0n) is 14.8. The van der Waals surface area contributed by atoms with Crippen LogP contribution in [-0.2, 0) is 6.54 Å². The molecule has 1 fully saturated rings. The third-order valence-corrected chi connectivity index (χ3v) is 4.96. The summed E-state index contributed by atoms with van der Waals surface area (Å²) in [6.45, 7) is 4.22. The Kier molecular flexibility index (Phi) is 4.84. The van der Waals surface area contributed by atoms with Gasteiger partial charge in [0.25, 0.3) is 0 Å². The number of fused-ring (bicyclic) bond motifs is 1. The highest BCUT2D eigenvalue weighted by Gasteiger charge is 2.21. The lowest BCUT2D eigenvalue weighted by molar-refractivity contribution is 0.143. The molecule has 0 spiro atoms. The normalized spacial score (nSPS) is 15.2. The van der Waals surface area contributed by atoms with E-state index in [1.165, 1.54) is 16.3 Å².